The predicted octanol–water partition coefficient (Wildman–Crippen LogP) is 3.21. The molecule has 0 amide bonds. The van der Waals surface area contributed by atoms with Gasteiger partial charge in [-0.1, -0.05) is 6.07 Å². The van der Waals surface area contributed by atoms with Crippen molar-refractivity contribution in [3.63, 3.8) is 0 Å². The molecular weight excluding hydrogens is 386 g/mol. The molecule has 3 aliphatic rings. The Labute approximate surface area is 173 Å². The summed E-state index contributed by atoms with van der Waals surface area (Å²) in [7, 11) is 0. The number of hydrogen-bond acceptors (Lipinski definition) is 7. The number of ether oxygens (including phenoxy) is 5. The van der Waals surface area contributed by atoms with Gasteiger partial charge in [-0.3, -0.25) is 0 Å². The third kappa shape index (κ3) is 2.64. The predicted molar refractivity (Wildman–Crippen MR) is 106 cm³/mol. The minimum Gasteiger partial charge on any atom is -0.454 e. The van der Waals surface area contributed by atoms with Crippen LogP contribution < -0.4 is 9.47 Å². The molecule has 156 valence electrons. The molecular formula is C22H23N3O5. The minimum absolute atomic E-state index is 0.214. The molecule has 1 aromatic carbocycles. The van der Waals surface area contributed by atoms with E-state index in [1.165, 1.54) is 0 Å². The SMILES string of the molecule is CC1(C)O[C@H]2[C@H](n3ccc4cncnc43)O[C@H](Cc3ccc4c(c3)OCO4)[C@@]2(C)O1. The second-order valence-electron chi connectivity index (χ2n) is 8.66. The maximum absolute atomic E-state index is 6.58. The van der Waals surface area contributed by atoms with Gasteiger partial charge in [0.25, 0.3) is 0 Å². The van der Waals surface area contributed by atoms with E-state index in [2.05, 4.69) is 16.9 Å². The zero-order chi connectivity index (χ0) is 20.5. The zero-order valence-corrected chi connectivity index (χ0v) is 17.1. The lowest BCUT2D eigenvalue weighted by molar-refractivity contribution is -0.209. The first-order valence-corrected chi connectivity index (χ1v) is 10.1. The van der Waals surface area contributed by atoms with Crippen molar-refractivity contribution in [1.29, 1.82) is 0 Å². The highest BCUT2D eigenvalue weighted by atomic mass is 16.8. The molecule has 2 saturated heterocycles. The van der Waals surface area contributed by atoms with Crippen LogP contribution in [-0.2, 0) is 20.6 Å². The van der Waals surface area contributed by atoms with Gasteiger partial charge in [-0.15, -0.1) is 0 Å². The van der Waals surface area contributed by atoms with Crippen molar-refractivity contribution in [2.45, 2.75) is 57.0 Å². The second kappa shape index (κ2) is 6.16. The van der Waals surface area contributed by atoms with Gasteiger partial charge in [-0.25, -0.2) is 9.97 Å². The van der Waals surface area contributed by atoms with Gasteiger partial charge >= 0.3 is 0 Å². The summed E-state index contributed by atoms with van der Waals surface area (Å²) in [6.45, 7) is 6.22. The summed E-state index contributed by atoms with van der Waals surface area (Å²) < 4.78 is 32.3. The van der Waals surface area contributed by atoms with Crippen LogP contribution in [0.25, 0.3) is 11.0 Å². The maximum atomic E-state index is 6.58. The molecule has 2 fully saturated rings. The van der Waals surface area contributed by atoms with Crippen LogP contribution in [0.5, 0.6) is 11.5 Å². The van der Waals surface area contributed by atoms with Crippen molar-refractivity contribution in [2.75, 3.05) is 6.79 Å². The quantitative estimate of drug-likeness (QED) is 0.657. The summed E-state index contributed by atoms with van der Waals surface area (Å²) in [4.78, 5) is 8.56. The zero-order valence-electron chi connectivity index (χ0n) is 17.1. The highest BCUT2D eigenvalue weighted by Crippen LogP contribution is 2.51. The van der Waals surface area contributed by atoms with Crippen LogP contribution >= 0.6 is 0 Å². The third-order valence-electron chi connectivity index (χ3n) is 6.15. The van der Waals surface area contributed by atoms with E-state index in [1.807, 2.05) is 48.9 Å². The number of rotatable bonds is 3. The second-order valence-corrected chi connectivity index (χ2v) is 8.66. The molecule has 0 unspecified atom stereocenters. The Morgan fingerprint density at radius 3 is 2.90 bits per heavy atom. The standard InChI is InChI=1S/C22H23N3O5/c1-21(2)29-18-20(25-7-6-14-10-23-11-24-19(14)25)28-17(22(18,3)30-21)9-13-4-5-15-16(8-13)27-12-26-15/h4-8,10-11,17-18,20H,9,12H2,1-3H3/t17-,18+,20-,22-/m1/s1. The number of nitrogens with zero attached hydrogens (tertiary/aromatic N) is 3. The van der Waals surface area contributed by atoms with Crippen LogP contribution in [0.4, 0.5) is 0 Å². The summed E-state index contributed by atoms with van der Waals surface area (Å²) in [5, 5.41) is 0.959. The molecule has 4 atom stereocenters. The van der Waals surface area contributed by atoms with Crippen LogP contribution in [0, 0.1) is 0 Å². The highest BCUT2D eigenvalue weighted by molar-refractivity contribution is 5.74. The van der Waals surface area contributed by atoms with Crippen LogP contribution in [0.15, 0.2) is 43.0 Å². The van der Waals surface area contributed by atoms with Crippen LogP contribution in [0.3, 0.4) is 0 Å². The number of fused-ring (bicyclic) bond motifs is 3. The number of hydrogen-bond donors (Lipinski definition) is 0. The molecule has 0 radical (unpaired) electrons. The molecule has 0 spiro atoms. The first kappa shape index (κ1) is 18.1. The van der Waals surface area contributed by atoms with Crippen molar-refractivity contribution in [1.82, 2.24) is 14.5 Å². The van der Waals surface area contributed by atoms with Gasteiger partial charge in [-0.05, 0) is 44.5 Å². The third-order valence-corrected chi connectivity index (χ3v) is 6.15. The van der Waals surface area contributed by atoms with Crippen LogP contribution in [0.1, 0.15) is 32.6 Å². The normalized spacial score (nSPS) is 31.4. The fraction of sp³-hybridized carbons (Fsp3) is 0.455. The smallest absolute Gasteiger partial charge is 0.231 e. The number of benzene rings is 1. The van der Waals surface area contributed by atoms with E-state index in [0.29, 0.717) is 6.42 Å². The van der Waals surface area contributed by atoms with Gasteiger partial charge in [0.05, 0.1) is 6.10 Å². The summed E-state index contributed by atoms with van der Waals surface area (Å²) in [6, 6.07) is 7.98. The highest BCUT2D eigenvalue weighted by Gasteiger charge is 2.63. The van der Waals surface area contributed by atoms with E-state index in [9.17, 15) is 0 Å². The monoisotopic (exact) mass is 409 g/mol. The van der Waals surface area contributed by atoms with Crippen molar-refractivity contribution >= 4 is 11.0 Å². The Hall–Kier alpha value is -2.68. The lowest BCUT2D eigenvalue weighted by Crippen LogP contribution is -2.44. The Morgan fingerprint density at radius 2 is 2.00 bits per heavy atom. The van der Waals surface area contributed by atoms with E-state index in [0.717, 1.165) is 28.1 Å². The van der Waals surface area contributed by atoms with Gasteiger partial charge in [0, 0.05) is 24.2 Å². The Morgan fingerprint density at radius 1 is 1.13 bits per heavy atom. The summed E-state index contributed by atoms with van der Waals surface area (Å²) >= 11 is 0. The van der Waals surface area contributed by atoms with Gasteiger partial charge < -0.3 is 28.3 Å². The molecule has 0 bridgehead atoms. The van der Waals surface area contributed by atoms with Crippen molar-refractivity contribution in [3.05, 3.63) is 48.5 Å². The summed E-state index contributed by atoms with van der Waals surface area (Å²) in [5.41, 5.74) is 1.29. The fourth-order valence-electron chi connectivity index (χ4n) is 4.85. The van der Waals surface area contributed by atoms with E-state index < -0.39 is 11.4 Å². The Kier molecular flexibility index (Phi) is 3.72. The molecule has 5 heterocycles. The molecule has 8 nitrogen and oxygen atoms in total. The fourth-order valence-corrected chi connectivity index (χ4v) is 4.85. The average molecular weight is 409 g/mol. The maximum Gasteiger partial charge on any atom is 0.231 e. The van der Waals surface area contributed by atoms with E-state index in [1.54, 1.807) is 12.5 Å². The lowest BCUT2D eigenvalue weighted by atomic mass is 9.90. The molecule has 8 heteroatoms. The molecule has 6 rings (SSSR count). The average Bonchev–Trinajstić information content (AvgIpc) is 3.44. The first-order chi connectivity index (χ1) is 14.4. The summed E-state index contributed by atoms with van der Waals surface area (Å²) in [6.07, 6.45) is 5.13. The molecule has 0 aliphatic carbocycles. The molecule has 2 aromatic heterocycles. The van der Waals surface area contributed by atoms with Gasteiger partial charge in [-0.2, -0.15) is 0 Å². The van der Waals surface area contributed by atoms with E-state index >= 15 is 0 Å². The Balaban J connectivity index is 1.37. The van der Waals surface area contributed by atoms with Crippen molar-refractivity contribution in [3.8, 4) is 11.5 Å². The summed E-state index contributed by atoms with van der Waals surface area (Å²) in [5.74, 6) is 0.834. The Bertz CT molecular complexity index is 1130. The van der Waals surface area contributed by atoms with E-state index in [-0.39, 0.29) is 25.2 Å². The van der Waals surface area contributed by atoms with Gasteiger partial charge in [0.15, 0.2) is 23.5 Å². The lowest BCUT2D eigenvalue weighted by Gasteiger charge is -2.29. The largest absolute Gasteiger partial charge is 0.454 e. The molecule has 30 heavy (non-hydrogen) atoms. The first-order valence-electron chi connectivity index (χ1n) is 10.1. The van der Waals surface area contributed by atoms with Crippen LogP contribution in [0.2, 0.25) is 0 Å². The molecule has 0 N–H and O–H groups in total. The van der Waals surface area contributed by atoms with Gasteiger partial charge in [0.2, 0.25) is 6.79 Å². The van der Waals surface area contributed by atoms with Gasteiger partial charge in [0.1, 0.15) is 23.7 Å². The number of aromatic nitrogens is 3. The van der Waals surface area contributed by atoms with Crippen LogP contribution in [-0.4, -0.2) is 44.9 Å². The minimum atomic E-state index is -0.702. The molecule has 0 saturated carbocycles. The topological polar surface area (TPSA) is 76.9 Å². The van der Waals surface area contributed by atoms with E-state index in [4.69, 9.17) is 23.7 Å². The van der Waals surface area contributed by atoms with Crippen molar-refractivity contribution in [2.24, 2.45) is 0 Å². The molecule has 3 aliphatic heterocycles. The van der Waals surface area contributed by atoms with Crippen molar-refractivity contribution < 1.29 is 23.7 Å². The molecule has 3 aromatic rings.